The number of esters is 1. The third kappa shape index (κ3) is 6.60. The van der Waals surface area contributed by atoms with Crippen molar-refractivity contribution in [2.75, 3.05) is 13.2 Å². The van der Waals surface area contributed by atoms with Gasteiger partial charge in [0.25, 0.3) is 0 Å². The van der Waals surface area contributed by atoms with E-state index in [4.69, 9.17) is 14.2 Å². The van der Waals surface area contributed by atoms with Gasteiger partial charge in [0.2, 0.25) is 0 Å². The molecule has 0 heterocycles. The minimum atomic E-state index is -0.912. The largest absolute Gasteiger partial charge is 0.407 e. The smallest absolute Gasteiger partial charge is 0.337 e. The SMILES string of the molecule is C=C(C(=O)OC(OCC)OCC)C([SiH3])CCC. The fourth-order valence-electron chi connectivity index (χ4n) is 1.36. The molecule has 100 valence electrons. The van der Waals surface area contributed by atoms with E-state index < -0.39 is 12.4 Å². The normalized spacial score (nSPS) is 12.7. The van der Waals surface area contributed by atoms with Crippen molar-refractivity contribution in [2.45, 2.75) is 45.6 Å². The molecule has 0 aromatic rings. The van der Waals surface area contributed by atoms with E-state index in [-0.39, 0.29) is 5.54 Å². The second-order valence-electron chi connectivity index (χ2n) is 3.82. The van der Waals surface area contributed by atoms with Gasteiger partial charge in [0.05, 0.1) is 13.2 Å². The lowest BCUT2D eigenvalue weighted by molar-refractivity contribution is -0.270. The highest BCUT2D eigenvalue weighted by atomic mass is 28.1. The first kappa shape index (κ1) is 16.3. The highest BCUT2D eigenvalue weighted by Gasteiger charge is 2.20. The molecule has 0 amide bonds. The second-order valence-corrected chi connectivity index (χ2v) is 5.21. The maximum atomic E-state index is 11.8. The molecule has 0 aromatic heterocycles. The molecule has 1 atom stereocenters. The Kier molecular flexibility index (Phi) is 9.02. The van der Waals surface area contributed by atoms with Gasteiger partial charge in [-0.05, 0) is 25.8 Å². The van der Waals surface area contributed by atoms with Gasteiger partial charge < -0.3 is 14.2 Å². The lowest BCUT2D eigenvalue weighted by atomic mass is 10.1. The maximum Gasteiger partial charge on any atom is 0.337 e. The Hall–Kier alpha value is -0.653. The number of carbonyl (C=O) groups excluding carboxylic acids is 1. The molecule has 0 aliphatic rings. The summed E-state index contributed by atoms with van der Waals surface area (Å²) in [5.74, 6) is -0.412. The maximum absolute atomic E-state index is 11.8. The summed E-state index contributed by atoms with van der Waals surface area (Å²) in [4.78, 5) is 11.8. The van der Waals surface area contributed by atoms with Crippen LogP contribution in [-0.4, -0.2) is 35.9 Å². The first-order valence-corrected chi connectivity index (χ1v) is 7.35. The third-order valence-electron chi connectivity index (χ3n) is 2.39. The Morgan fingerprint density at radius 3 is 2.18 bits per heavy atom. The predicted molar refractivity (Wildman–Crippen MR) is 70.9 cm³/mol. The van der Waals surface area contributed by atoms with Gasteiger partial charge in [-0.2, -0.15) is 0 Å². The van der Waals surface area contributed by atoms with Gasteiger partial charge in [-0.15, -0.1) is 0 Å². The first-order chi connectivity index (χ1) is 8.06. The molecule has 0 radical (unpaired) electrons. The summed E-state index contributed by atoms with van der Waals surface area (Å²) in [7, 11) is 0.904. The molecule has 17 heavy (non-hydrogen) atoms. The molecule has 4 nitrogen and oxygen atoms in total. The molecule has 0 spiro atoms. The van der Waals surface area contributed by atoms with Gasteiger partial charge in [0.15, 0.2) is 0 Å². The monoisotopic (exact) mass is 260 g/mol. The fourth-order valence-corrected chi connectivity index (χ4v) is 2.17. The number of rotatable bonds is 9. The summed E-state index contributed by atoms with van der Waals surface area (Å²) in [5.41, 5.74) is 0.791. The van der Waals surface area contributed by atoms with E-state index >= 15 is 0 Å². The van der Waals surface area contributed by atoms with E-state index in [1.807, 2.05) is 13.8 Å². The summed E-state index contributed by atoms with van der Waals surface area (Å²) in [5, 5.41) is 0. The van der Waals surface area contributed by atoms with Crippen molar-refractivity contribution in [2.24, 2.45) is 0 Å². The van der Waals surface area contributed by atoms with Gasteiger partial charge in [0, 0.05) is 15.8 Å². The van der Waals surface area contributed by atoms with Crippen molar-refractivity contribution < 1.29 is 19.0 Å². The van der Waals surface area contributed by atoms with E-state index in [9.17, 15) is 4.79 Å². The number of hydrogen-bond acceptors (Lipinski definition) is 4. The molecule has 0 fully saturated rings. The van der Waals surface area contributed by atoms with Crippen LogP contribution in [0.5, 0.6) is 0 Å². The van der Waals surface area contributed by atoms with Crippen LogP contribution >= 0.6 is 0 Å². The molecule has 0 aliphatic carbocycles. The Morgan fingerprint density at radius 2 is 1.76 bits per heavy atom. The van der Waals surface area contributed by atoms with E-state index in [0.717, 1.165) is 23.1 Å². The molecular weight excluding hydrogens is 236 g/mol. The van der Waals surface area contributed by atoms with Gasteiger partial charge in [0.1, 0.15) is 0 Å². The second kappa shape index (κ2) is 9.38. The van der Waals surface area contributed by atoms with E-state index in [1.54, 1.807) is 0 Å². The molecule has 0 saturated carbocycles. The van der Waals surface area contributed by atoms with E-state index in [1.165, 1.54) is 0 Å². The average Bonchev–Trinajstić information content (AvgIpc) is 2.29. The van der Waals surface area contributed by atoms with Crippen LogP contribution in [0.25, 0.3) is 0 Å². The first-order valence-electron chi connectivity index (χ1n) is 6.19. The highest BCUT2D eigenvalue weighted by Crippen LogP contribution is 2.20. The Balaban J connectivity index is 4.24. The number of ether oxygens (including phenoxy) is 3. The Bertz CT molecular complexity index is 237. The highest BCUT2D eigenvalue weighted by molar-refractivity contribution is 6.17. The Morgan fingerprint density at radius 1 is 1.24 bits per heavy atom. The van der Waals surface area contributed by atoms with Gasteiger partial charge in [-0.1, -0.05) is 19.9 Å². The molecular formula is C12H24O4Si. The zero-order valence-corrected chi connectivity index (χ0v) is 13.3. The third-order valence-corrected chi connectivity index (χ3v) is 3.66. The number of carbonyl (C=O) groups is 1. The molecule has 0 bridgehead atoms. The van der Waals surface area contributed by atoms with Gasteiger partial charge in [-0.25, -0.2) is 4.79 Å². The lowest BCUT2D eigenvalue weighted by Crippen LogP contribution is -2.26. The predicted octanol–water partition coefficient (Wildman–Crippen LogP) is 1.40. The topological polar surface area (TPSA) is 44.8 Å². The summed E-state index contributed by atoms with van der Waals surface area (Å²) in [6.07, 6.45) is 2.02. The van der Waals surface area contributed by atoms with Gasteiger partial charge >= 0.3 is 12.4 Å². The van der Waals surface area contributed by atoms with Crippen LogP contribution < -0.4 is 0 Å². The van der Waals surface area contributed by atoms with Crippen LogP contribution in [0.3, 0.4) is 0 Å². The summed E-state index contributed by atoms with van der Waals surface area (Å²) >= 11 is 0. The molecule has 1 unspecified atom stereocenters. The molecule has 0 aromatic carbocycles. The van der Waals surface area contributed by atoms with Crippen molar-refractivity contribution in [3.05, 3.63) is 12.2 Å². The fraction of sp³-hybridized carbons (Fsp3) is 0.750. The van der Waals surface area contributed by atoms with Crippen molar-refractivity contribution >= 4 is 16.2 Å². The Labute approximate surface area is 107 Å². The summed E-state index contributed by atoms with van der Waals surface area (Å²) in [6.45, 7) is 9.48. The summed E-state index contributed by atoms with van der Waals surface area (Å²) in [6, 6.07) is 0. The van der Waals surface area contributed by atoms with Crippen molar-refractivity contribution in [1.29, 1.82) is 0 Å². The average molecular weight is 260 g/mol. The zero-order valence-electron chi connectivity index (χ0n) is 11.3. The molecule has 0 rings (SSSR count). The van der Waals surface area contributed by atoms with Crippen LogP contribution in [0.1, 0.15) is 33.6 Å². The minimum Gasteiger partial charge on any atom is -0.407 e. The zero-order chi connectivity index (χ0) is 13.3. The van der Waals surface area contributed by atoms with Crippen molar-refractivity contribution in [1.82, 2.24) is 0 Å². The van der Waals surface area contributed by atoms with Crippen LogP contribution in [0.15, 0.2) is 12.2 Å². The van der Waals surface area contributed by atoms with Crippen LogP contribution in [0, 0.1) is 0 Å². The molecule has 5 heteroatoms. The van der Waals surface area contributed by atoms with E-state index in [2.05, 4.69) is 13.5 Å². The molecule has 0 N–H and O–H groups in total. The van der Waals surface area contributed by atoms with Crippen molar-refractivity contribution in [3.63, 3.8) is 0 Å². The van der Waals surface area contributed by atoms with Crippen LogP contribution in [-0.2, 0) is 19.0 Å². The standard InChI is InChI=1S/C12H24O4Si/c1-5-8-10(17)9(4)11(13)16-12(14-6-2)15-7-3/h10,12H,4-8H2,1-3,17H3. The quantitative estimate of drug-likeness (QED) is 0.272. The molecule has 0 aliphatic heterocycles. The van der Waals surface area contributed by atoms with E-state index in [0.29, 0.717) is 18.8 Å². The van der Waals surface area contributed by atoms with Crippen molar-refractivity contribution in [3.8, 4) is 0 Å². The lowest BCUT2D eigenvalue weighted by Gasteiger charge is -2.19. The molecule has 0 saturated heterocycles. The minimum absolute atomic E-state index is 0.261. The van der Waals surface area contributed by atoms with Gasteiger partial charge in [-0.3, -0.25) is 0 Å². The number of hydrogen-bond donors (Lipinski definition) is 0. The summed E-state index contributed by atoms with van der Waals surface area (Å²) < 4.78 is 15.4. The van der Waals surface area contributed by atoms with Crippen LogP contribution in [0.2, 0.25) is 5.54 Å². The van der Waals surface area contributed by atoms with Crippen LogP contribution in [0.4, 0.5) is 0 Å².